The number of carbonyl (C=O) groups excluding carboxylic acids is 1. The van der Waals surface area contributed by atoms with Gasteiger partial charge in [-0.1, -0.05) is 12.8 Å². The Bertz CT molecular complexity index is 793. The van der Waals surface area contributed by atoms with Crippen LogP contribution >= 0.6 is 0 Å². The van der Waals surface area contributed by atoms with Gasteiger partial charge in [0.2, 0.25) is 15.9 Å². The highest BCUT2D eigenvalue weighted by molar-refractivity contribution is 7.89. The van der Waals surface area contributed by atoms with Crippen molar-refractivity contribution >= 4 is 21.6 Å². The van der Waals surface area contributed by atoms with Gasteiger partial charge < -0.3 is 5.32 Å². The van der Waals surface area contributed by atoms with Gasteiger partial charge >= 0.3 is 6.18 Å². The van der Waals surface area contributed by atoms with Crippen molar-refractivity contribution in [3.05, 3.63) is 23.8 Å². The second-order valence-electron chi connectivity index (χ2n) is 6.88. The molecule has 26 heavy (non-hydrogen) atoms. The Morgan fingerprint density at radius 3 is 2.54 bits per heavy atom. The third-order valence-corrected chi connectivity index (χ3v) is 6.49. The predicted molar refractivity (Wildman–Crippen MR) is 90.1 cm³/mol. The van der Waals surface area contributed by atoms with Crippen molar-refractivity contribution < 1.29 is 26.4 Å². The number of hydrogen-bond donors (Lipinski definition) is 2. The van der Waals surface area contributed by atoms with Gasteiger partial charge in [0.15, 0.2) is 0 Å². The molecule has 3 rings (SSSR count). The summed E-state index contributed by atoms with van der Waals surface area (Å²) in [6.07, 6.45) is -1.83. The smallest absolute Gasteiger partial charge is 0.326 e. The molecule has 0 unspecified atom stereocenters. The Balaban J connectivity index is 1.84. The maximum absolute atomic E-state index is 13.2. The summed E-state index contributed by atoms with van der Waals surface area (Å²) in [7, 11) is -4.07. The van der Waals surface area contributed by atoms with E-state index in [1.54, 1.807) is 0 Å². The van der Waals surface area contributed by atoms with E-state index in [2.05, 4.69) is 10.0 Å². The summed E-state index contributed by atoms with van der Waals surface area (Å²) in [5.41, 5.74) is 1.23. The van der Waals surface area contributed by atoms with E-state index < -0.39 is 28.2 Å². The highest BCUT2D eigenvalue weighted by atomic mass is 32.2. The maximum atomic E-state index is 13.2. The Kier molecular flexibility index (Phi) is 5.30. The van der Waals surface area contributed by atoms with Crippen molar-refractivity contribution in [2.75, 3.05) is 5.32 Å². The minimum absolute atomic E-state index is 0.0626. The molecule has 1 saturated carbocycles. The van der Waals surface area contributed by atoms with Crippen molar-refractivity contribution in [3.8, 4) is 0 Å². The number of carbonyl (C=O) groups is 1. The van der Waals surface area contributed by atoms with Gasteiger partial charge in [-0.2, -0.15) is 13.2 Å². The maximum Gasteiger partial charge on any atom is 0.393 e. The van der Waals surface area contributed by atoms with Crippen molar-refractivity contribution in [2.45, 2.75) is 62.1 Å². The molecular weight excluding hydrogens is 369 g/mol. The van der Waals surface area contributed by atoms with E-state index in [9.17, 15) is 26.4 Å². The molecule has 5 nitrogen and oxygen atoms in total. The number of halogens is 3. The van der Waals surface area contributed by atoms with Crippen molar-refractivity contribution in [3.63, 3.8) is 0 Å². The van der Waals surface area contributed by atoms with Crippen LogP contribution in [0.1, 0.15) is 44.1 Å². The van der Waals surface area contributed by atoms with Crippen LogP contribution < -0.4 is 10.0 Å². The first-order valence-corrected chi connectivity index (χ1v) is 10.2. The van der Waals surface area contributed by atoms with Crippen LogP contribution in [0.15, 0.2) is 23.1 Å². The first-order chi connectivity index (χ1) is 12.2. The van der Waals surface area contributed by atoms with Gasteiger partial charge in [-0.25, -0.2) is 13.1 Å². The summed E-state index contributed by atoms with van der Waals surface area (Å²) >= 11 is 0. The van der Waals surface area contributed by atoms with E-state index in [1.165, 1.54) is 18.2 Å². The quantitative estimate of drug-likeness (QED) is 0.831. The summed E-state index contributed by atoms with van der Waals surface area (Å²) in [5.74, 6) is -1.79. The van der Waals surface area contributed by atoms with Crippen LogP contribution in [0.2, 0.25) is 0 Å². The summed E-state index contributed by atoms with van der Waals surface area (Å²) < 4.78 is 67.2. The van der Waals surface area contributed by atoms with Crippen LogP contribution in [0.4, 0.5) is 18.9 Å². The molecule has 1 amide bonds. The molecule has 0 spiro atoms. The lowest BCUT2D eigenvalue weighted by Crippen LogP contribution is -2.47. The van der Waals surface area contributed by atoms with Gasteiger partial charge in [-0.05, 0) is 49.4 Å². The van der Waals surface area contributed by atoms with Gasteiger partial charge in [-0.3, -0.25) is 4.79 Å². The highest BCUT2D eigenvalue weighted by Gasteiger charge is 2.46. The number of fused-ring (bicyclic) bond motifs is 1. The van der Waals surface area contributed by atoms with Crippen LogP contribution in [0, 0.1) is 5.92 Å². The second-order valence-corrected chi connectivity index (χ2v) is 8.60. The standard InChI is InChI=1S/C17H21F3N2O3S/c18-17(19,20)13-5-1-2-6-15(13)22-26(24,25)12-8-9-14-11(10-12)4-3-7-16(23)21-14/h8-10,13,15,22H,1-7H2,(H,21,23)/t13-,15-/m0/s1. The Morgan fingerprint density at radius 2 is 1.81 bits per heavy atom. The number of alkyl halides is 3. The van der Waals surface area contributed by atoms with E-state index in [4.69, 9.17) is 0 Å². The molecule has 1 aliphatic carbocycles. The van der Waals surface area contributed by atoms with Gasteiger partial charge in [0.25, 0.3) is 0 Å². The number of nitrogens with one attached hydrogen (secondary N) is 2. The zero-order chi connectivity index (χ0) is 18.9. The minimum Gasteiger partial charge on any atom is -0.326 e. The molecule has 144 valence electrons. The molecule has 1 aromatic rings. The Hall–Kier alpha value is -1.61. The van der Waals surface area contributed by atoms with Gasteiger partial charge in [0.1, 0.15) is 0 Å². The molecule has 9 heteroatoms. The summed E-state index contributed by atoms with van der Waals surface area (Å²) in [6.45, 7) is 0. The molecule has 2 atom stereocenters. The minimum atomic E-state index is -4.42. The zero-order valence-corrected chi connectivity index (χ0v) is 14.9. The van der Waals surface area contributed by atoms with E-state index >= 15 is 0 Å². The lowest BCUT2D eigenvalue weighted by Gasteiger charge is -2.33. The topological polar surface area (TPSA) is 75.3 Å². The highest BCUT2D eigenvalue weighted by Crippen LogP contribution is 2.38. The lowest BCUT2D eigenvalue weighted by molar-refractivity contribution is -0.187. The molecule has 0 aromatic heterocycles. The van der Waals surface area contributed by atoms with E-state index in [-0.39, 0.29) is 23.6 Å². The van der Waals surface area contributed by atoms with Crippen molar-refractivity contribution in [1.82, 2.24) is 4.72 Å². The predicted octanol–water partition coefficient (Wildman–Crippen LogP) is 3.36. The SMILES string of the molecule is O=C1CCCc2cc(S(=O)(=O)N[C@H]3CCCC[C@@H]3C(F)(F)F)ccc2N1. The van der Waals surface area contributed by atoms with Gasteiger partial charge in [0.05, 0.1) is 10.8 Å². The lowest BCUT2D eigenvalue weighted by atomic mass is 9.85. The summed E-state index contributed by atoms with van der Waals surface area (Å²) in [4.78, 5) is 11.5. The number of amides is 1. The number of aryl methyl sites for hydroxylation is 1. The van der Waals surface area contributed by atoms with Crippen LogP contribution in [0.5, 0.6) is 0 Å². The zero-order valence-electron chi connectivity index (χ0n) is 14.1. The summed E-state index contributed by atoms with van der Waals surface area (Å²) in [6, 6.07) is 3.11. The molecule has 1 aliphatic heterocycles. The largest absolute Gasteiger partial charge is 0.393 e. The third kappa shape index (κ3) is 4.20. The molecule has 0 bridgehead atoms. The molecular formula is C17H21F3N2O3S. The normalized spacial score (nSPS) is 24.5. The first-order valence-electron chi connectivity index (χ1n) is 8.68. The molecule has 2 aliphatic rings. The second kappa shape index (κ2) is 7.19. The molecule has 1 fully saturated rings. The number of rotatable bonds is 3. The first kappa shape index (κ1) is 19.2. The average molecular weight is 390 g/mol. The molecule has 1 aromatic carbocycles. The number of benzene rings is 1. The van der Waals surface area contributed by atoms with Crippen molar-refractivity contribution in [1.29, 1.82) is 0 Å². The van der Waals surface area contributed by atoms with E-state index in [0.29, 0.717) is 43.4 Å². The number of anilines is 1. The van der Waals surface area contributed by atoms with Crippen LogP contribution in [-0.2, 0) is 21.2 Å². The fraction of sp³-hybridized carbons (Fsp3) is 0.588. The Morgan fingerprint density at radius 1 is 1.08 bits per heavy atom. The average Bonchev–Trinajstić information content (AvgIpc) is 2.73. The third-order valence-electron chi connectivity index (χ3n) is 5.00. The molecule has 0 saturated heterocycles. The van der Waals surface area contributed by atoms with E-state index in [1.807, 2.05) is 0 Å². The van der Waals surface area contributed by atoms with Crippen LogP contribution in [0.3, 0.4) is 0 Å². The van der Waals surface area contributed by atoms with E-state index in [0.717, 1.165) is 0 Å². The van der Waals surface area contributed by atoms with Crippen LogP contribution in [0.25, 0.3) is 0 Å². The monoisotopic (exact) mass is 390 g/mol. The fourth-order valence-corrected chi connectivity index (χ4v) is 5.01. The van der Waals surface area contributed by atoms with Gasteiger partial charge in [0, 0.05) is 18.2 Å². The van der Waals surface area contributed by atoms with Crippen molar-refractivity contribution in [2.24, 2.45) is 5.92 Å². The Labute approximate surface area is 150 Å². The van der Waals surface area contributed by atoms with Crippen LogP contribution in [-0.4, -0.2) is 26.5 Å². The summed E-state index contributed by atoms with van der Waals surface area (Å²) in [5, 5.41) is 2.71. The molecule has 2 N–H and O–H groups in total. The molecule has 1 heterocycles. The number of sulfonamides is 1. The van der Waals surface area contributed by atoms with Gasteiger partial charge in [-0.15, -0.1) is 0 Å². The molecule has 0 radical (unpaired) electrons. The number of hydrogen-bond acceptors (Lipinski definition) is 3. The fourth-order valence-electron chi connectivity index (χ4n) is 3.65.